The van der Waals surface area contributed by atoms with Crippen molar-refractivity contribution >= 4 is 25.5 Å². The van der Waals surface area contributed by atoms with Crippen LogP contribution in [0.25, 0.3) is 16.9 Å². The Balaban J connectivity index is 2.06. The molecule has 0 aliphatic carbocycles. The standard InChI is InChI=1S/C26H37N3O4Si/c1-9-28-24-21(16-32-20(8)30)14-15-27-25(24)29(26(28)31)22-10-12-23(13-11-22)33-34(17(2)3,18(4)5)19(6)7/h10-15,17-19H,9,16H2,1-8H3. The molecule has 0 bridgehead atoms. The molecular formula is C26H37N3O4Si. The van der Waals surface area contributed by atoms with Crippen LogP contribution in [0.5, 0.6) is 5.75 Å². The van der Waals surface area contributed by atoms with Crippen molar-refractivity contribution in [2.45, 2.75) is 85.2 Å². The largest absolute Gasteiger partial charge is 0.543 e. The fourth-order valence-corrected chi connectivity index (χ4v) is 10.5. The Bertz CT molecular complexity index is 1190. The van der Waals surface area contributed by atoms with E-state index >= 15 is 0 Å². The van der Waals surface area contributed by atoms with Gasteiger partial charge in [-0.25, -0.2) is 14.3 Å². The molecule has 8 heteroatoms. The molecule has 2 aromatic heterocycles. The highest BCUT2D eigenvalue weighted by Gasteiger charge is 2.46. The van der Waals surface area contributed by atoms with E-state index in [1.807, 2.05) is 31.2 Å². The van der Waals surface area contributed by atoms with Gasteiger partial charge < -0.3 is 9.16 Å². The van der Waals surface area contributed by atoms with Crippen molar-refractivity contribution in [3.8, 4) is 11.4 Å². The molecule has 184 valence electrons. The second-order valence-corrected chi connectivity index (χ2v) is 15.1. The van der Waals surface area contributed by atoms with Gasteiger partial charge in [-0.1, -0.05) is 41.5 Å². The maximum Gasteiger partial charge on any atom is 0.334 e. The fourth-order valence-electron chi connectivity index (χ4n) is 5.29. The molecule has 0 saturated heterocycles. The number of nitrogens with zero attached hydrogens (tertiary/aromatic N) is 3. The number of hydrogen-bond acceptors (Lipinski definition) is 5. The number of aromatic nitrogens is 3. The van der Waals surface area contributed by atoms with Crippen molar-refractivity contribution in [1.29, 1.82) is 0 Å². The lowest BCUT2D eigenvalue weighted by molar-refractivity contribution is -0.142. The number of rotatable bonds is 9. The Morgan fingerprint density at radius 1 is 1.00 bits per heavy atom. The van der Waals surface area contributed by atoms with Gasteiger partial charge in [-0.05, 0) is 53.9 Å². The molecule has 2 heterocycles. The predicted octanol–water partition coefficient (Wildman–Crippen LogP) is 5.82. The number of carbonyl (C=O) groups is 1. The monoisotopic (exact) mass is 483 g/mol. The second kappa shape index (κ2) is 10.2. The predicted molar refractivity (Wildman–Crippen MR) is 138 cm³/mol. The fraction of sp³-hybridized carbons (Fsp3) is 0.500. The molecule has 0 aliphatic rings. The Kier molecular flexibility index (Phi) is 7.70. The Hall–Kier alpha value is -2.87. The summed E-state index contributed by atoms with van der Waals surface area (Å²) in [6, 6.07) is 9.52. The lowest BCUT2D eigenvalue weighted by Gasteiger charge is -2.42. The molecular weight excluding hydrogens is 446 g/mol. The van der Waals surface area contributed by atoms with E-state index in [2.05, 4.69) is 46.5 Å². The summed E-state index contributed by atoms with van der Waals surface area (Å²) in [5.41, 5.74) is 3.93. The van der Waals surface area contributed by atoms with E-state index in [-0.39, 0.29) is 18.3 Å². The normalized spacial score (nSPS) is 12.2. The van der Waals surface area contributed by atoms with Crippen LogP contribution in [-0.4, -0.2) is 28.4 Å². The number of fused-ring (bicyclic) bond motifs is 1. The van der Waals surface area contributed by atoms with Gasteiger partial charge in [0.05, 0.1) is 11.2 Å². The molecule has 3 rings (SSSR count). The first-order valence-electron chi connectivity index (χ1n) is 12.1. The van der Waals surface area contributed by atoms with Crippen LogP contribution in [0.3, 0.4) is 0 Å². The Morgan fingerprint density at radius 3 is 2.09 bits per heavy atom. The van der Waals surface area contributed by atoms with Crippen molar-refractivity contribution in [3.05, 3.63) is 52.6 Å². The minimum atomic E-state index is -2.07. The van der Waals surface area contributed by atoms with E-state index in [0.29, 0.717) is 34.3 Å². The summed E-state index contributed by atoms with van der Waals surface area (Å²) in [6.07, 6.45) is 1.64. The van der Waals surface area contributed by atoms with Gasteiger partial charge in [0.15, 0.2) is 5.65 Å². The molecule has 1 aromatic carbocycles. The van der Waals surface area contributed by atoms with Gasteiger partial charge in [-0.2, -0.15) is 0 Å². The van der Waals surface area contributed by atoms with Crippen LogP contribution in [0.1, 0.15) is 61.0 Å². The second-order valence-electron chi connectivity index (χ2n) is 9.70. The minimum absolute atomic E-state index is 0.0941. The molecule has 0 spiro atoms. The third kappa shape index (κ3) is 4.55. The first-order chi connectivity index (χ1) is 16.0. The third-order valence-electron chi connectivity index (χ3n) is 6.74. The molecule has 0 radical (unpaired) electrons. The molecule has 0 N–H and O–H groups in total. The molecule has 34 heavy (non-hydrogen) atoms. The number of imidazole rings is 1. The summed E-state index contributed by atoms with van der Waals surface area (Å²) in [6.45, 7) is 17.4. The Labute approximate surface area is 202 Å². The average Bonchev–Trinajstić information content (AvgIpc) is 3.07. The zero-order chi connectivity index (χ0) is 25.2. The zero-order valence-electron chi connectivity index (χ0n) is 21.6. The first kappa shape index (κ1) is 25.7. The van der Waals surface area contributed by atoms with Crippen molar-refractivity contribution < 1.29 is 14.0 Å². The molecule has 3 aromatic rings. The van der Waals surface area contributed by atoms with Crippen molar-refractivity contribution in [2.75, 3.05) is 0 Å². The van der Waals surface area contributed by atoms with Crippen molar-refractivity contribution in [3.63, 3.8) is 0 Å². The molecule has 0 amide bonds. The number of pyridine rings is 1. The van der Waals surface area contributed by atoms with Crippen LogP contribution in [0.4, 0.5) is 0 Å². The molecule has 0 fully saturated rings. The summed E-state index contributed by atoms with van der Waals surface area (Å²) in [5, 5.41) is 0. The molecule has 0 unspecified atom stereocenters. The van der Waals surface area contributed by atoms with E-state index in [0.717, 1.165) is 17.0 Å². The quantitative estimate of drug-likeness (QED) is 0.283. The summed E-state index contributed by atoms with van der Waals surface area (Å²) in [7, 11) is -2.07. The van der Waals surface area contributed by atoms with Gasteiger partial charge in [-0.3, -0.25) is 9.36 Å². The first-order valence-corrected chi connectivity index (χ1v) is 14.2. The van der Waals surface area contributed by atoms with Crippen LogP contribution in [-0.2, 0) is 22.7 Å². The molecule has 0 aliphatic heterocycles. The topological polar surface area (TPSA) is 75.3 Å². The average molecular weight is 484 g/mol. The van der Waals surface area contributed by atoms with Crippen LogP contribution >= 0.6 is 0 Å². The van der Waals surface area contributed by atoms with E-state index in [4.69, 9.17) is 9.16 Å². The maximum absolute atomic E-state index is 13.3. The lowest BCUT2D eigenvalue weighted by atomic mass is 10.2. The number of aryl methyl sites for hydroxylation is 1. The molecule has 7 nitrogen and oxygen atoms in total. The van der Waals surface area contributed by atoms with Gasteiger partial charge in [0.25, 0.3) is 8.32 Å². The maximum atomic E-state index is 13.3. The summed E-state index contributed by atoms with van der Waals surface area (Å²) in [5.74, 6) is 0.469. The molecule has 0 atom stereocenters. The van der Waals surface area contributed by atoms with Gasteiger partial charge in [0, 0.05) is 25.2 Å². The van der Waals surface area contributed by atoms with Gasteiger partial charge >= 0.3 is 11.7 Å². The van der Waals surface area contributed by atoms with Gasteiger partial charge in [-0.15, -0.1) is 0 Å². The van der Waals surface area contributed by atoms with E-state index in [1.165, 1.54) is 6.92 Å². The highest BCUT2D eigenvalue weighted by atomic mass is 28.4. The number of ether oxygens (including phenoxy) is 1. The zero-order valence-corrected chi connectivity index (χ0v) is 22.6. The number of hydrogen-bond donors (Lipinski definition) is 0. The van der Waals surface area contributed by atoms with Crippen LogP contribution in [0.15, 0.2) is 41.3 Å². The van der Waals surface area contributed by atoms with E-state index in [9.17, 15) is 9.59 Å². The van der Waals surface area contributed by atoms with Gasteiger partial charge in [0.1, 0.15) is 12.4 Å². The Morgan fingerprint density at radius 2 is 1.59 bits per heavy atom. The summed E-state index contributed by atoms with van der Waals surface area (Å²) in [4.78, 5) is 29.2. The highest BCUT2D eigenvalue weighted by molar-refractivity contribution is 6.78. The van der Waals surface area contributed by atoms with Gasteiger partial charge in [0.2, 0.25) is 0 Å². The summed E-state index contributed by atoms with van der Waals surface area (Å²) >= 11 is 0. The highest BCUT2D eigenvalue weighted by Crippen LogP contribution is 2.42. The minimum Gasteiger partial charge on any atom is -0.543 e. The smallest absolute Gasteiger partial charge is 0.334 e. The number of esters is 1. The van der Waals surface area contributed by atoms with Crippen LogP contribution in [0, 0.1) is 0 Å². The lowest BCUT2D eigenvalue weighted by Crippen LogP contribution is -2.50. The number of benzene rings is 1. The van der Waals surface area contributed by atoms with Crippen LogP contribution < -0.4 is 10.1 Å². The van der Waals surface area contributed by atoms with Crippen LogP contribution in [0.2, 0.25) is 16.6 Å². The van der Waals surface area contributed by atoms with E-state index < -0.39 is 8.32 Å². The van der Waals surface area contributed by atoms with Crippen molar-refractivity contribution in [1.82, 2.24) is 14.1 Å². The molecule has 0 saturated carbocycles. The summed E-state index contributed by atoms with van der Waals surface area (Å²) < 4.78 is 15.3. The van der Waals surface area contributed by atoms with Crippen molar-refractivity contribution in [2.24, 2.45) is 0 Å². The number of carbonyl (C=O) groups excluding carboxylic acids is 1. The third-order valence-corrected chi connectivity index (χ3v) is 12.7. The SMILES string of the molecule is CCn1c(=O)n(-c2ccc(O[Si](C(C)C)(C(C)C)C(C)C)cc2)c2nccc(COC(C)=O)c21. The van der Waals surface area contributed by atoms with E-state index in [1.54, 1.807) is 21.4 Å².